The van der Waals surface area contributed by atoms with Crippen LogP contribution in [0, 0.1) is 10.7 Å². The normalized spacial score (nSPS) is 12.0. The molecule has 0 aliphatic rings. The van der Waals surface area contributed by atoms with Gasteiger partial charge in [-0.25, -0.2) is 0 Å². The average Bonchev–Trinajstić information content (AvgIpc) is 2.87. The Morgan fingerprint density at radius 2 is 1.27 bits per heavy atom. The van der Waals surface area contributed by atoms with E-state index in [1.54, 1.807) is 6.92 Å². The van der Waals surface area contributed by atoms with E-state index >= 15 is 0 Å². The number of amides is 3. The molecule has 0 saturated heterocycles. The fourth-order valence-corrected chi connectivity index (χ4v) is 8.03. The third kappa shape index (κ3) is 11.4. The standard InChI is InChI=1S/C25H32I3N3O10/c1-7-15(40-13(3)33)8-29-23(35)17-20(26)18(24(36)30-11-38-6)22(28)19(21(17)27)25(37)31(5)9-16(41-14(4)34)10-39-12(2)32/h15-16H,7-11H2,1-6H3,(H,29,35)(H,30,36). The zero-order valence-corrected chi connectivity index (χ0v) is 29.8. The van der Waals surface area contributed by atoms with E-state index in [0.717, 1.165) is 0 Å². The highest BCUT2D eigenvalue weighted by Gasteiger charge is 2.32. The van der Waals surface area contributed by atoms with Crippen molar-refractivity contribution in [2.45, 2.75) is 46.3 Å². The first-order chi connectivity index (χ1) is 19.2. The van der Waals surface area contributed by atoms with Crippen LogP contribution in [0.2, 0.25) is 0 Å². The van der Waals surface area contributed by atoms with Gasteiger partial charge in [-0.1, -0.05) is 6.92 Å². The maximum atomic E-state index is 13.8. The minimum absolute atomic E-state index is 0.0155. The van der Waals surface area contributed by atoms with Gasteiger partial charge in [-0.3, -0.25) is 28.8 Å². The van der Waals surface area contributed by atoms with Gasteiger partial charge in [0.1, 0.15) is 19.4 Å². The topological polar surface area (TPSA) is 167 Å². The van der Waals surface area contributed by atoms with Crippen molar-refractivity contribution in [1.82, 2.24) is 15.5 Å². The Kier molecular flexibility index (Phi) is 16.3. The van der Waals surface area contributed by atoms with Crippen LogP contribution in [0.3, 0.4) is 0 Å². The lowest BCUT2D eigenvalue weighted by Gasteiger charge is -2.26. The molecule has 13 nitrogen and oxygen atoms in total. The first-order valence-corrected chi connectivity index (χ1v) is 15.4. The van der Waals surface area contributed by atoms with Gasteiger partial charge < -0.3 is 34.5 Å². The minimum Gasteiger partial charge on any atom is -0.462 e. The molecule has 228 valence electrons. The first-order valence-electron chi connectivity index (χ1n) is 12.1. The molecule has 0 spiro atoms. The van der Waals surface area contributed by atoms with E-state index in [1.807, 2.05) is 67.8 Å². The molecule has 0 heterocycles. The third-order valence-electron chi connectivity index (χ3n) is 5.27. The van der Waals surface area contributed by atoms with E-state index in [0.29, 0.717) is 9.99 Å². The van der Waals surface area contributed by atoms with Gasteiger partial charge in [0.05, 0.1) is 29.8 Å². The van der Waals surface area contributed by atoms with Gasteiger partial charge >= 0.3 is 17.9 Å². The molecule has 2 unspecified atom stereocenters. The van der Waals surface area contributed by atoms with Gasteiger partial charge in [-0.2, -0.15) is 0 Å². The summed E-state index contributed by atoms with van der Waals surface area (Å²) >= 11 is 5.63. The fourth-order valence-electron chi connectivity index (χ4n) is 3.42. The lowest BCUT2D eigenvalue weighted by Crippen LogP contribution is -2.40. The van der Waals surface area contributed by atoms with Crippen LogP contribution < -0.4 is 10.6 Å². The van der Waals surface area contributed by atoms with Gasteiger partial charge in [-0.15, -0.1) is 0 Å². The predicted octanol–water partition coefficient (Wildman–Crippen LogP) is 2.47. The summed E-state index contributed by atoms with van der Waals surface area (Å²) in [5, 5.41) is 5.31. The number of likely N-dealkylation sites (N-methyl/N-ethyl adjacent to an activating group) is 1. The van der Waals surface area contributed by atoms with Crippen molar-refractivity contribution in [1.29, 1.82) is 0 Å². The van der Waals surface area contributed by atoms with E-state index in [-0.39, 0.29) is 50.3 Å². The summed E-state index contributed by atoms with van der Waals surface area (Å²) in [6, 6.07) is 0. The molecular formula is C25H32I3N3O10. The summed E-state index contributed by atoms with van der Waals surface area (Å²) in [5.41, 5.74) is 0.247. The van der Waals surface area contributed by atoms with Crippen molar-refractivity contribution in [2.24, 2.45) is 0 Å². The van der Waals surface area contributed by atoms with E-state index in [9.17, 15) is 28.8 Å². The zero-order valence-electron chi connectivity index (χ0n) is 23.4. The molecule has 0 aromatic heterocycles. The van der Waals surface area contributed by atoms with E-state index in [4.69, 9.17) is 18.9 Å². The molecule has 2 N–H and O–H groups in total. The third-order valence-corrected chi connectivity index (χ3v) is 8.51. The Hall–Kier alpha value is -1.81. The number of ether oxygens (including phenoxy) is 4. The second-order valence-corrected chi connectivity index (χ2v) is 11.8. The van der Waals surface area contributed by atoms with Crippen LogP contribution in [-0.4, -0.2) is 93.3 Å². The molecule has 0 saturated carbocycles. The van der Waals surface area contributed by atoms with Crippen molar-refractivity contribution in [3.05, 3.63) is 27.4 Å². The minimum atomic E-state index is -0.955. The lowest BCUT2D eigenvalue weighted by molar-refractivity contribution is -0.156. The predicted molar refractivity (Wildman–Crippen MR) is 171 cm³/mol. The number of hydrogen-bond acceptors (Lipinski definition) is 10. The lowest BCUT2D eigenvalue weighted by atomic mass is 10.0. The van der Waals surface area contributed by atoms with Crippen LogP contribution in [0.5, 0.6) is 0 Å². The largest absolute Gasteiger partial charge is 0.462 e. The molecule has 0 aliphatic carbocycles. The van der Waals surface area contributed by atoms with E-state index < -0.39 is 47.8 Å². The number of hydrogen-bond donors (Lipinski definition) is 2. The van der Waals surface area contributed by atoms with E-state index in [2.05, 4.69) is 10.6 Å². The monoisotopic (exact) mass is 915 g/mol. The Morgan fingerprint density at radius 3 is 1.73 bits per heavy atom. The number of esters is 3. The number of nitrogens with zero attached hydrogens (tertiary/aromatic N) is 1. The van der Waals surface area contributed by atoms with Crippen molar-refractivity contribution in [3.63, 3.8) is 0 Å². The summed E-state index contributed by atoms with van der Waals surface area (Å²) in [6.45, 7) is 4.95. The Morgan fingerprint density at radius 1 is 0.780 bits per heavy atom. The summed E-state index contributed by atoms with van der Waals surface area (Å²) < 4.78 is 21.2. The van der Waals surface area contributed by atoms with Gasteiger partial charge in [0.25, 0.3) is 17.7 Å². The van der Waals surface area contributed by atoms with Gasteiger partial charge in [-0.05, 0) is 74.2 Å². The summed E-state index contributed by atoms with van der Waals surface area (Å²) in [7, 11) is 2.85. The summed E-state index contributed by atoms with van der Waals surface area (Å²) in [5.74, 6) is -3.42. The average molecular weight is 915 g/mol. The van der Waals surface area contributed by atoms with Gasteiger partial charge in [0, 0.05) is 45.6 Å². The van der Waals surface area contributed by atoms with Crippen LogP contribution in [0.4, 0.5) is 0 Å². The molecule has 1 rings (SSSR count). The van der Waals surface area contributed by atoms with Crippen LogP contribution in [0.1, 0.15) is 65.2 Å². The van der Waals surface area contributed by atoms with Crippen molar-refractivity contribution in [3.8, 4) is 0 Å². The molecule has 0 aliphatic heterocycles. The molecule has 2 atom stereocenters. The number of carbonyl (C=O) groups is 6. The zero-order chi connectivity index (χ0) is 31.4. The van der Waals surface area contributed by atoms with E-state index in [1.165, 1.54) is 39.8 Å². The quantitative estimate of drug-likeness (QED) is 0.123. The summed E-state index contributed by atoms with van der Waals surface area (Å²) in [4.78, 5) is 75.8. The van der Waals surface area contributed by atoms with Crippen molar-refractivity contribution in [2.75, 3.05) is 40.6 Å². The molecule has 41 heavy (non-hydrogen) atoms. The second kappa shape index (κ2) is 18.0. The van der Waals surface area contributed by atoms with Crippen LogP contribution in [0.15, 0.2) is 0 Å². The molecule has 0 fully saturated rings. The first kappa shape index (κ1) is 37.2. The number of methoxy groups -OCH3 is 1. The highest BCUT2D eigenvalue weighted by atomic mass is 127. The van der Waals surface area contributed by atoms with Gasteiger partial charge in [0.2, 0.25) is 0 Å². The van der Waals surface area contributed by atoms with Crippen LogP contribution in [0.25, 0.3) is 0 Å². The van der Waals surface area contributed by atoms with Crippen LogP contribution >= 0.6 is 67.8 Å². The van der Waals surface area contributed by atoms with Gasteiger partial charge in [0.15, 0.2) is 6.10 Å². The Labute approximate surface area is 278 Å². The maximum absolute atomic E-state index is 13.8. The fraction of sp³-hybridized carbons (Fsp3) is 0.520. The maximum Gasteiger partial charge on any atom is 0.303 e. The number of benzene rings is 1. The number of rotatable bonds is 14. The molecule has 16 heteroatoms. The van der Waals surface area contributed by atoms with Crippen molar-refractivity contribution < 1.29 is 47.7 Å². The SMILES string of the molecule is CCC(CNC(=O)c1c(I)c(C(=O)NCOC)c(I)c(C(=O)N(C)CC(COC(C)=O)OC(C)=O)c1I)OC(C)=O. The Balaban J connectivity index is 3.58. The molecule has 0 radical (unpaired) electrons. The molecular weight excluding hydrogens is 883 g/mol. The van der Waals surface area contributed by atoms with Crippen molar-refractivity contribution >= 4 is 103 Å². The molecule has 1 aromatic rings. The molecule has 1 aromatic carbocycles. The van der Waals surface area contributed by atoms with Crippen LogP contribution in [-0.2, 0) is 33.3 Å². The molecule has 0 bridgehead atoms. The highest BCUT2D eigenvalue weighted by molar-refractivity contribution is 14.1. The second-order valence-electron chi connectivity index (χ2n) is 8.58. The molecule has 3 amide bonds. The Bertz CT molecular complexity index is 1180. The number of nitrogens with one attached hydrogen (secondary N) is 2. The number of carbonyl (C=O) groups excluding carboxylic acids is 6. The highest BCUT2D eigenvalue weighted by Crippen LogP contribution is 2.33. The number of halogens is 3. The summed E-state index contributed by atoms with van der Waals surface area (Å²) in [6.07, 6.45) is -1.07. The smallest absolute Gasteiger partial charge is 0.303 e.